The van der Waals surface area contributed by atoms with Crippen LogP contribution in [0.1, 0.15) is 17.2 Å². The molecule has 0 saturated carbocycles. The number of rotatable bonds is 3. The quantitative estimate of drug-likeness (QED) is 0.909. The normalized spacial score (nSPS) is 16.6. The second kappa shape index (κ2) is 5.53. The van der Waals surface area contributed by atoms with Crippen LogP contribution >= 0.6 is 11.3 Å². The number of urea groups is 1. The molecule has 1 unspecified atom stereocenters. The molecule has 3 rings (SSSR count). The highest BCUT2D eigenvalue weighted by Gasteiger charge is 2.36. The molecular formula is C14H13N3O3S. The Kier molecular flexibility index (Phi) is 3.57. The van der Waals surface area contributed by atoms with Crippen LogP contribution in [0, 0.1) is 0 Å². The molecule has 1 aromatic carbocycles. The topological polar surface area (TPSA) is 82.5 Å². The van der Waals surface area contributed by atoms with Crippen LogP contribution in [0.4, 0.5) is 10.5 Å². The van der Waals surface area contributed by atoms with Crippen molar-refractivity contribution in [2.24, 2.45) is 0 Å². The lowest BCUT2D eigenvalue weighted by Gasteiger charge is -2.17. The molecule has 2 heterocycles. The van der Waals surface area contributed by atoms with Gasteiger partial charge in [0.05, 0.1) is 17.7 Å². The third-order valence-corrected chi connectivity index (χ3v) is 4.05. The number of nitrogens with one attached hydrogen (secondary N) is 1. The standard InChI is InChI=1S/C14H13N3O3S/c18-13(19)11-6-17(12-4-2-1-3-10(11)12)14(20)15-5-9-7-21-8-16-9/h1-4,7-8,11H,5-6H2,(H,15,20)(H,18,19). The molecule has 0 bridgehead atoms. The number of hydrogen-bond donors (Lipinski definition) is 2. The molecule has 6 nitrogen and oxygen atoms in total. The minimum Gasteiger partial charge on any atom is -0.481 e. The van der Waals surface area contributed by atoms with Crippen LogP contribution in [0.5, 0.6) is 0 Å². The first-order valence-electron chi connectivity index (χ1n) is 6.41. The molecule has 0 saturated heterocycles. The fourth-order valence-corrected chi connectivity index (χ4v) is 2.96. The molecule has 0 spiro atoms. The summed E-state index contributed by atoms with van der Waals surface area (Å²) in [5.74, 6) is -1.59. The zero-order valence-electron chi connectivity index (χ0n) is 11.0. The van der Waals surface area contributed by atoms with Gasteiger partial charge in [0.25, 0.3) is 0 Å². The lowest BCUT2D eigenvalue weighted by atomic mass is 10.0. The van der Waals surface area contributed by atoms with E-state index in [0.29, 0.717) is 17.8 Å². The number of benzene rings is 1. The second-order valence-electron chi connectivity index (χ2n) is 4.70. The largest absolute Gasteiger partial charge is 0.481 e. The van der Waals surface area contributed by atoms with E-state index in [1.165, 1.54) is 16.2 Å². The van der Waals surface area contributed by atoms with Crippen LogP contribution < -0.4 is 10.2 Å². The highest BCUT2D eigenvalue weighted by Crippen LogP contribution is 2.36. The smallest absolute Gasteiger partial charge is 0.322 e. The van der Waals surface area contributed by atoms with E-state index in [1.807, 2.05) is 5.38 Å². The summed E-state index contributed by atoms with van der Waals surface area (Å²) in [7, 11) is 0. The van der Waals surface area contributed by atoms with Crippen molar-refractivity contribution in [1.82, 2.24) is 10.3 Å². The molecule has 0 radical (unpaired) electrons. The van der Waals surface area contributed by atoms with Crippen LogP contribution in [0.3, 0.4) is 0 Å². The van der Waals surface area contributed by atoms with Crippen LogP contribution in [-0.4, -0.2) is 28.6 Å². The monoisotopic (exact) mass is 303 g/mol. The van der Waals surface area contributed by atoms with E-state index in [-0.39, 0.29) is 12.6 Å². The molecule has 2 aromatic rings. The zero-order valence-corrected chi connectivity index (χ0v) is 11.8. The summed E-state index contributed by atoms with van der Waals surface area (Å²) >= 11 is 1.46. The Hall–Kier alpha value is -2.41. The van der Waals surface area contributed by atoms with Crippen LogP contribution in [0.25, 0.3) is 0 Å². The first-order chi connectivity index (χ1) is 10.2. The Bertz CT molecular complexity index is 672. The van der Waals surface area contributed by atoms with Gasteiger partial charge in [0.1, 0.15) is 5.92 Å². The molecule has 1 aromatic heterocycles. The average Bonchev–Trinajstić information content (AvgIpc) is 3.12. The van der Waals surface area contributed by atoms with Crippen LogP contribution in [-0.2, 0) is 11.3 Å². The van der Waals surface area contributed by atoms with E-state index in [9.17, 15) is 14.7 Å². The van der Waals surface area contributed by atoms with E-state index in [1.54, 1.807) is 29.8 Å². The number of fused-ring (bicyclic) bond motifs is 1. The number of aliphatic carboxylic acids is 1. The van der Waals surface area contributed by atoms with Crippen molar-refractivity contribution >= 4 is 29.0 Å². The van der Waals surface area contributed by atoms with E-state index in [4.69, 9.17) is 0 Å². The number of carbonyl (C=O) groups excluding carboxylic acids is 1. The van der Waals surface area contributed by atoms with Gasteiger partial charge in [-0.3, -0.25) is 9.69 Å². The molecule has 1 atom stereocenters. The molecule has 21 heavy (non-hydrogen) atoms. The fraction of sp³-hybridized carbons (Fsp3) is 0.214. The molecule has 1 aliphatic heterocycles. The molecule has 2 N–H and O–H groups in total. The summed E-state index contributed by atoms with van der Waals surface area (Å²) < 4.78 is 0. The van der Waals surface area contributed by atoms with Gasteiger partial charge < -0.3 is 10.4 Å². The van der Waals surface area contributed by atoms with Gasteiger partial charge in [-0.1, -0.05) is 18.2 Å². The van der Waals surface area contributed by atoms with Gasteiger partial charge in [-0.25, -0.2) is 9.78 Å². The Balaban J connectivity index is 1.76. The first-order valence-corrected chi connectivity index (χ1v) is 7.35. The van der Waals surface area contributed by atoms with E-state index in [0.717, 1.165) is 5.69 Å². The Morgan fingerprint density at radius 3 is 2.95 bits per heavy atom. The highest BCUT2D eigenvalue weighted by atomic mass is 32.1. The highest BCUT2D eigenvalue weighted by molar-refractivity contribution is 7.07. The average molecular weight is 303 g/mol. The van der Waals surface area contributed by atoms with Gasteiger partial charge >= 0.3 is 12.0 Å². The summed E-state index contributed by atoms with van der Waals surface area (Å²) in [5.41, 5.74) is 3.82. The number of thiazole rings is 1. The number of para-hydroxylation sites is 1. The second-order valence-corrected chi connectivity index (χ2v) is 5.42. The summed E-state index contributed by atoms with van der Waals surface area (Å²) in [6, 6.07) is 6.79. The molecule has 1 aliphatic rings. The summed E-state index contributed by atoms with van der Waals surface area (Å²) in [5, 5.41) is 13.9. The van der Waals surface area contributed by atoms with Crippen molar-refractivity contribution in [3.05, 3.63) is 46.4 Å². The molecule has 2 amide bonds. The van der Waals surface area contributed by atoms with Gasteiger partial charge in [0, 0.05) is 17.6 Å². The van der Waals surface area contributed by atoms with Crippen molar-refractivity contribution in [2.75, 3.05) is 11.4 Å². The number of aromatic nitrogens is 1. The van der Waals surface area contributed by atoms with Crippen LogP contribution in [0.15, 0.2) is 35.2 Å². The number of carboxylic acid groups (broad SMARTS) is 1. The summed E-state index contributed by atoms with van der Waals surface area (Å²) in [6.07, 6.45) is 0. The lowest BCUT2D eigenvalue weighted by Crippen LogP contribution is -2.39. The Morgan fingerprint density at radius 2 is 2.24 bits per heavy atom. The Labute approximate surface area is 125 Å². The van der Waals surface area contributed by atoms with Gasteiger partial charge in [-0.15, -0.1) is 11.3 Å². The number of hydrogen-bond acceptors (Lipinski definition) is 4. The SMILES string of the molecule is O=C(O)C1CN(C(=O)NCc2cscn2)c2ccccc21. The minimum absolute atomic E-state index is 0.150. The predicted molar refractivity (Wildman–Crippen MR) is 78.5 cm³/mol. The molecule has 108 valence electrons. The number of carbonyl (C=O) groups is 2. The van der Waals surface area contributed by atoms with Gasteiger partial charge in [0.15, 0.2) is 0 Å². The fourth-order valence-electron chi connectivity index (χ4n) is 2.40. The van der Waals surface area contributed by atoms with Gasteiger partial charge in [0.2, 0.25) is 0 Å². The van der Waals surface area contributed by atoms with E-state index < -0.39 is 11.9 Å². The van der Waals surface area contributed by atoms with Crippen LogP contribution in [0.2, 0.25) is 0 Å². The number of nitrogens with zero attached hydrogens (tertiary/aromatic N) is 2. The molecule has 0 aliphatic carbocycles. The Morgan fingerprint density at radius 1 is 1.43 bits per heavy atom. The number of amides is 2. The van der Waals surface area contributed by atoms with E-state index in [2.05, 4.69) is 10.3 Å². The number of anilines is 1. The van der Waals surface area contributed by atoms with Crippen molar-refractivity contribution in [3.63, 3.8) is 0 Å². The lowest BCUT2D eigenvalue weighted by molar-refractivity contribution is -0.138. The van der Waals surface area contributed by atoms with Gasteiger partial charge in [-0.2, -0.15) is 0 Å². The van der Waals surface area contributed by atoms with Crippen molar-refractivity contribution in [3.8, 4) is 0 Å². The number of carboxylic acids is 1. The molecule has 0 fully saturated rings. The van der Waals surface area contributed by atoms with Gasteiger partial charge in [-0.05, 0) is 11.6 Å². The summed E-state index contributed by atoms with van der Waals surface area (Å²) in [4.78, 5) is 29.1. The third kappa shape index (κ3) is 2.59. The molecular weight excluding hydrogens is 290 g/mol. The maximum atomic E-state index is 12.3. The zero-order chi connectivity index (χ0) is 14.8. The first kappa shape index (κ1) is 13.6. The van der Waals surface area contributed by atoms with Crippen molar-refractivity contribution < 1.29 is 14.7 Å². The predicted octanol–water partition coefficient (Wildman–Crippen LogP) is 2.04. The maximum absolute atomic E-state index is 12.3. The third-order valence-electron chi connectivity index (χ3n) is 3.42. The minimum atomic E-state index is -0.919. The van der Waals surface area contributed by atoms with E-state index >= 15 is 0 Å². The van der Waals surface area contributed by atoms with Crippen molar-refractivity contribution in [2.45, 2.75) is 12.5 Å². The maximum Gasteiger partial charge on any atom is 0.322 e. The summed E-state index contributed by atoms with van der Waals surface area (Å²) in [6.45, 7) is 0.482. The molecule has 7 heteroatoms. The van der Waals surface area contributed by atoms with Crippen molar-refractivity contribution in [1.29, 1.82) is 0 Å².